The lowest BCUT2D eigenvalue weighted by Gasteiger charge is -2.43. The number of nitrogens with zero attached hydrogens (tertiary/aromatic N) is 7. The molecule has 0 radical (unpaired) electrons. The minimum atomic E-state index is -5.94. The summed E-state index contributed by atoms with van der Waals surface area (Å²) in [6.45, 7) is 10.9. The number of nitrogens with one attached hydrogen (secondary N) is 2. The van der Waals surface area contributed by atoms with Gasteiger partial charge in [0.1, 0.15) is 53.6 Å². The van der Waals surface area contributed by atoms with Crippen LogP contribution in [-0.2, 0) is 61.3 Å². The number of fused-ring (bicyclic) bond motifs is 5. The molecule has 38 heteroatoms. The van der Waals surface area contributed by atoms with Gasteiger partial charge in [-0.15, -0.1) is 0 Å². The Hall–Kier alpha value is -6.88. The Morgan fingerprint density at radius 1 is 0.837 bits per heavy atom. The first-order chi connectivity index (χ1) is 42.8. The summed E-state index contributed by atoms with van der Waals surface area (Å²) in [6, 6.07) is 13.8. The summed E-state index contributed by atoms with van der Waals surface area (Å²) in [4.78, 5) is 94.2. The highest BCUT2D eigenvalue weighted by atomic mass is 32.2. The molecule has 0 aliphatic carbocycles. The summed E-state index contributed by atoms with van der Waals surface area (Å²) in [7, 11) is -25.0. The summed E-state index contributed by atoms with van der Waals surface area (Å²) in [5, 5.41) is 17.5. The number of aromatic nitrogens is 4. The van der Waals surface area contributed by atoms with E-state index in [-0.39, 0.29) is 55.0 Å². The number of carbonyl (C=O) groups excluding carboxylic acids is 3. The molecule has 0 bridgehead atoms. The molecule has 92 heavy (non-hydrogen) atoms. The van der Waals surface area contributed by atoms with Crippen LogP contribution in [0.25, 0.3) is 27.9 Å². The lowest BCUT2D eigenvalue weighted by Crippen LogP contribution is -2.50. The van der Waals surface area contributed by atoms with Gasteiger partial charge in [0, 0.05) is 92.7 Å². The van der Waals surface area contributed by atoms with Crippen molar-refractivity contribution >= 4 is 101 Å². The van der Waals surface area contributed by atoms with E-state index in [0.29, 0.717) is 79.8 Å². The van der Waals surface area contributed by atoms with Crippen molar-refractivity contribution in [3.05, 3.63) is 112 Å². The van der Waals surface area contributed by atoms with Crippen molar-refractivity contribution in [2.24, 2.45) is 0 Å². The summed E-state index contributed by atoms with van der Waals surface area (Å²) in [5.41, 5.74) is 8.17. The maximum atomic E-state index is 14.8. The molecule has 1 fully saturated rings. The van der Waals surface area contributed by atoms with E-state index in [2.05, 4.69) is 43.7 Å². The molecule has 1 saturated heterocycles. The van der Waals surface area contributed by atoms with E-state index in [1.54, 1.807) is 67.7 Å². The topological polar surface area (TPSA) is 471 Å². The molecule has 0 spiro atoms. The summed E-state index contributed by atoms with van der Waals surface area (Å²) < 4.78 is 140. The number of hydrogen-bond donors (Lipinski definition) is 10. The molecule has 6 heterocycles. The van der Waals surface area contributed by atoms with Gasteiger partial charge < -0.3 is 65.1 Å². The molecular formula is C54H68N10O23P3S2+. The van der Waals surface area contributed by atoms with E-state index < -0.39 is 115 Å². The van der Waals surface area contributed by atoms with Crippen LogP contribution in [0.4, 0.5) is 16.3 Å². The van der Waals surface area contributed by atoms with Crippen LogP contribution in [0.1, 0.15) is 93.2 Å². The van der Waals surface area contributed by atoms with Crippen molar-refractivity contribution in [1.82, 2.24) is 39.6 Å². The first kappa shape index (κ1) is 69.5. The maximum absolute atomic E-state index is 14.8. The van der Waals surface area contributed by atoms with Gasteiger partial charge in [0.2, 0.25) is 11.3 Å². The van der Waals surface area contributed by atoms with Gasteiger partial charge in [-0.1, -0.05) is 24.3 Å². The number of carbonyl (C=O) groups is 3. The van der Waals surface area contributed by atoms with Gasteiger partial charge in [-0.3, -0.25) is 27.8 Å². The number of hydrogen-bond acceptors (Lipinski definition) is 22. The normalized spacial score (nSPS) is 20.5. The Kier molecular flexibility index (Phi) is 19.7. The second-order valence-corrected chi connectivity index (χ2v) is 30.2. The average Bonchev–Trinajstić information content (AvgIpc) is 1.01. The Morgan fingerprint density at radius 3 is 2.17 bits per heavy atom. The fraction of sp³-hybridized carbons (Fsp3) is 0.426. The number of anilines is 2. The highest BCUT2D eigenvalue weighted by Gasteiger charge is 2.50. The average molecular weight is 1380 g/mol. The Balaban J connectivity index is 0.915. The Bertz CT molecular complexity index is 4410. The molecule has 9 rings (SSSR count). The monoisotopic (exact) mass is 1380 g/mol. The number of likely N-dealkylation sites (N-methyl/N-ethyl adjacent to an activating group) is 2. The number of imidazole rings is 1. The SMILES string of the molecule is CCN1c2cc3c(cc2C(CS(=O)(=O)O)=CC1(C)C)C(c1ccccc1C(=O)N(C)CCCC(=O)NCCNC(=O)O[C@H]1[C@@H](O)[C@H](n2cnc4c(N)ncnc42)O[C@@H]1COP(=O)(O)OP(=O)(O)OP(=O)(O)O)=c1cc2c(cc1O3)=[N+](CC)C(C)(C)C=C2CS(=O)(=O)O. The van der Waals surface area contributed by atoms with E-state index in [9.17, 15) is 68.9 Å². The summed E-state index contributed by atoms with van der Waals surface area (Å²) in [5.74, 6) is -1.78. The van der Waals surface area contributed by atoms with E-state index in [0.717, 1.165) is 17.2 Å². The third kappa shape index (κ3) is 15.5. The van der Waals surface area contributed by atoms with Crippen LogP contribution in [0.15, 0.2) is 73.3 Å². The quantitative estimate of drug-likeness (QED) is 0.0180. The van der Waals surface area contributed by atoms with Crippen LogP contribution >= 0.6 is 23.5 Å². The third-order valence-electron chi connectivity index (χ3n) is 15.4. The molecule has 4 aliphatic heterocycles. The highest BCUT2D eigenvalue weighted by molar-refractivity contribution is 7.86. The van der Waals surface area contributed by atoms with Gasteiger partial charge in [0.15, 0.2) is 29.3 Å². The van der Waals surface area contributed by atoms with Crippen molar-refractivity contribution in [3.8, 4) is 11.5 Å². The van der Waals surface area contributed by atoms with Crippen molar-refractivity contribution in [3.63, 3.8) is 0 Å². The molecule has 0 saturated carbocycles. The number of phosphoric acid groups is 3. The summed E-state index contributed by atoms with van der Waals surface area (Å²) in [6.07, 6.45) is -2.30. The van der Waals surface area contributed by atoms with Crippen LogP contribution in [0.3, 0.4) is 0 Å². The number of aliphatic hydroxyl groups is 1. The largest absolute Gasteiger partial charge is 0.490 e. The minimum Gasteiger partial charge on any atom is -0.456 e. The number of nitrogens with two attached hydrogens (primary N) is 1. The van der Waals surface area contributed by atoms with Crippen molar-refractivity contribution in [2.45, 2.75) is 90.0 Å². The number of benzene rings is 3. The van der Waals surface area contributed by atoms with Gasteiger partial charge in [0.05, 0.1) is 30.1 Å². The van der Waals surface area contributed by atoms with Crippen LogP contribution in [0, 0.1) is 0 Å². The fourth-order valence-corrected chi connectivity index (χ4v) is 16.1. The van der Waals surface area contributed by atoms with E-state index in [1.165, 1.54) is 4.90 Å². The molecule has 3 aromatic carbocycles. The third-order valence-corrected chi connectivity index (χ3v) is 20.6. The molecule has 4 aliphatic rings. The van der Waals surface area contributed by atoms with Crippen LogP contribution in [-0.4, -0.2) is 180 Å². The van der Waals surface area contributed by atoms with Crippen LogP contribution in [0.2, 0.25) is 0 Å². The first-order valence-corrected chi connectivity index (χ1v) is 36.0. The van der Waals surface area contributed by atoms with Crippen molar-refractivity contribution in [1.29, 1.82) is 0 Å². The van der Waals surface area contributed by atoms with Gasteiger partial charge in [-0.2, -0.15) is 25.5 Å². The number of phosphoric ester groups is 1. The van der Waals surface area contributed by atoms with Crippen LogP contribution < -0.4 is 41.2 Å². The van der Waals surface area contributed by atoms with Gasteiger partial charge in [-0.25, -0.2) is 38.0 Å². The predicted octanol–water partition coefficient (Wildman–Crippen LogP) is 2.59. The lowest BCUT2D eigenvalue weighted by atomic mass is 9.83. The number of nitrogen functional groups attached to an aromatic ring is 1. The predicted molar refractivity (Wildman–Crippen MR) is 329 cm³/mol. The smallest absolute Gasteiger partial charge is 0.456 e. The molecule has 11 N–H and O–H groups in total. The highest BCUT2D eigenvalue weighted by Crippen LogP contribution is 2.66. The van der Waals surface area contributed by atoms with E-state index >= 15 is 0 Å². The van der Waals surface area contributed by atoms with Gasteiger partial charge >= 0.3 is 29.6 Å². The fourth-order valence-electron chi connectivity index (χ4n) is 11.8. The maximum Gasteiger partial charge on any atom is 0.490 e. The Morgan fingerprint density at radius 2 is 1.51 bits per heavy atom. The van der Waals surface area contributed by atoms with E-state index in [1.807, 2.05) is 41.5 Å². The molecule has 5 aromatic rings. The second kappa shape index (κ2) is 26.1. The standard InChI is InChI=1S/C54H67N10O23P3S2/c1-8-63-38-21-40-36(19-34(38)30(23-53(63,3)4)26-91(76,77)78)44(37-20-35-31(27-92(79,80)81)24-54(5,6)64(9-2)39(35)22-41(37)83-40)32-13-10-11-14-33(32)50(67)61(7)18-12-15-43(65)56-16-17-57-52(68)85-47-42(25-82-89(72,73)87-90(74,75)86-88(69,70)71)84-51(46(47)66)62-29-60-45-48(55)58-28-59-49(45)62/h10-11,13-14,19-24,28-29,42,46-47,51,66H,8-9,12,15-18,25-27H2,1-7H3,(H9-,55,56,57,58,59,65,68,69,70,71,72,73,74,75,76,77,78,79,80,81)/p+1/t42-,46-,47-,51-/m1/s1. The van der Waals surface area contributed by atoms with Crippen molar-refractivity contribution in [2.75, 3.05) is 68.5 Å². The Labute approximate surface area is 526 Å². The van der Waals surface area contributed by atoms with Gasteiger partial charge in [-0.05, 0) is 75.1 Å². The molecule has 498 valence electrons. The zero-order valence-electron chi connectivity index (χ0n) is 50.3. The molecule has 6 atom stereocenters. The number of rotatable bonds is 24. The zero-order valence-corrected chi connectivity index (χ0v) is 54.7. The molecular weight excluding hydrogens is 1310 g/mol. The molecule has 2 unspecified atom stereocenters. The second-order valence-electron chi connectivity index (χ2n) is 22.8. The summed E-state index contributed by atoms with van der Waals surface area (Å²) >= 11 is 0. The lowest BCUT2D eigenvalue weighted by molar-refractivity contribution is -0.121. The van der Waals surface area contributed by atoms with Gasteiger partial charge in [0.25, 0.3) is 26.1 Å². The van der Waals surface area contributed by atoms with Crippen LogP contribution in [0.5, 0.6) is 11.5 Å². The minimum absolute atomic E-state index is 0.0213. The number of alkyl carbamates (subject to hydrolysis) is 1. The zero-order chi connectivity index (χ0) is 67.4. The molecule has 33 nitrogen and oxygen atoms in total. The number of aliphatic hydroxyl groups excluding tert-OH is 1. The number of amides is 3. The molecule has 3 amide bonds. The number of ether oxygens (including phenoxy) is 3. The van der Waals surface area contributed by atoms with E-state index in [4.69, 9.17) is 34.3 Å². The molecule has 2 aromatic heterocycles. The van der Waals surface area contributed by atoms with Crippen molar-refractivity contribution < 1.29 is 106 Å². The first-order valence-electron chi connectivity index (χ1n) is 28.2.